The summed E-state index contributed by atoms with van der Waals surface area (Å²) in [4.78, 5) is 23.9. The van der Waals surface area contributed by atoms with Gasteiger partial charge in [0.15, 0.2) is 0 Å². The van der Waals surface area contributed by atoms with E-state index in [1.807, 2.05) is 0 Å². The number of carbonyl (C=O) groups is 2. The van der Waals surface area contributed by atoms with E-state index in [-0.39, 0.29) is 18.6 Å². The van der Waals surface area contributed by atoms with Crippen LogP contribution in [0.4, 0.5) is 4.79 Å². The number of carboxylic acids is 1. The Morgan fingerprint density at radius 1 is 1.32 bits per heavy atom. The van der Waals surface area contributed by atoms with Crippen LogP contribution in [0.5, 0.6) is 0 Å². The zero-order valence-electron chi connectivity index (χ0n) is 11.5. The van der Waals surface area contributed by atoms with Gasteiger partial charge in [-0.15, -0.1) is 0 Å². The third-order valence-electron chi connectivity index (χ3n) is 3.60. The van der Waals surface area contributed by atoms with Crippen molar-refractivity contribution in [1.29, 1.82) is 0 Å². The van der Waals surface area contributed by atoms with Crippen LogP contribution in [0.2, 0.25) is 0 Å². The largest absolute Gasteiger partial charge is 0.481 e. The number of urea groups is 1. The molecule has 1 heterocycles. The van der Waals surface area contributed by atoms with Crippen molar-refractivity contribution < 1.29 is 19.8 Å². The summed E-state index contributed by atoms with van der Waals surface area (Å²) in [5.74, 6) is -0.508. The number of aliphatic carboxylic acids is 1. The Kier molecular flexibility index (Phi) is 6.62. The smallest absolute Gasteiger partial charge is 0.317 e. The first-order chi connectivity index (χ1) is 9.00. The monoisotopic (exact) mass is 272 g/mol. The van der Waals surface area contributed by atoms with E-state index in [9.17, 15) is 14.7 Å². The molecule has 0 aliphatic carbocycles. The molecule has 0 aromatic heterocycles. The van der Waals surface area contributed by atoms with Gasteiger partial charge in [-0.05, 0) is 38.5 Å². The Morgan fingerprint density at radius 3 is 2.47 bits per heavy atom. The lowest BCUT2D eigenvalue weighted by Gasteiger charge is -2.33. The number of aliphatic hydroxyl groups excluding tert-OH is 1. The second-order valence-corrected chi connectivity index (χ2v) is 5.15. The molecule has 1 rings (SSSR count). The van der Waals surface area contributed by atoms with Crippen molar-refractivity contribution >= 4 is 12.0 Å². The molecule has 0 aromatic rings. The lowest BCUT2D eigenvalue weighted by Crippen LogP contribution is -2.45. The van der Waals surface area contributed by atoms with Gasteiger partial charge in [0.2, 0.25) is 0 Å². The molecule has 1 fully saturated rings. The summed E-state index contributed by atoms with van der Waals surface area (Å²) in [5.41, 5.74) is 0. The molecule has 1 atom stereocenters. The molecule has 1 unspecified atom stereocenters. The van der Waals surface area contributed by atoms with Crippen LogP contribution in [0.15, 0.2) is 0 Å². The molecule has 1 aliphatic rings. The molecule has 1 saturated heterocycles. The van der Waals surface area contributed by atoms with Crippen molar-refractivity contribution in [2.24, 2.45) is 5.92 Å². The highest BCUT2D eigenvalue weighted by atomic mass is 16.4. The minimum Gasteiger partial charge on any atom is -0.481 e. The summed E-state index contributed by atoms with van der Waals surface area (Å²) in [6.45, 7) is 3.67. The molecule has 6 nitrogen and oxygen atoms in total. The van der Waals surface area contributed by atoms with Gasteiger partial charge >= 0.3 is 12.0 Å². The quantitative estimate of drug-likeness (QED) is 0.630. The van der Waals surface area contributed by atoms with Crippen molar-refractivity contribution in [2.45, 2.75) is 45.1 Å². The van der Waals surface area contributed by atoms with Gasteiger partial charge in [-0.1, -0.05) is 0 Å². The number of hydrogen-bond acceptors (Lipinski definition) is 3. The second kappa shape index (κ2) is 7.99. The highest BCUT2D eigenvalue weighted by molar-refractivity contribution is 5.74. The highest BCUT2D eigenvalue weighted by Gasteiger charge is 2.24. The maximum Gasteiger partial charge on any atom is 0.317 e. The summed E-state index contributed by atoms with van der Waals surface area (Å²) >= 11 is 0. The number of likely N-dealkylation sites (tertiary alicyclic amines) is 1. The zero-order chi connectivity index (χ0) is 14.3. The summed E-state index contributed by atoms with van der Waals surface area (Å²) in [6, 6.07) is -0.0839. The van der Waals surface area contributed by atoms with Gasteiger partial charge in [0, 0.05) is 26.1 Å². The fourth-order valence-corrected chi connectivity index (χ4v) is 2.29. The fourth-order valence-electron chi connectivity index (χ4n) is 2.29. The van der Waals surface area contributed by atoms with Crippen LogP contribution in [-0.4, -0.2) is 52.9 Å². The van der Waals surface area contributed by atoms with Gasteiger partial charge in [-0.25, -0.2) is 4.79 Å². The van der Waals surface area contributed by atoms with Gasteiger partial charge < -0.3 is 20.4 Å². The SMILES string of the molecule is CC(O)C1CCN(C(=O)NCCCCC(=O)O)CC1. The maximum absolute atomic E-state index is 11.8. The topological polar surface area (TPSA) is 89.9 Å². The minimum absolute atomic E-state index is 0.0839. The maximum atomic E-state index is 11.8. The van der Waals surface area contributed by atoms with Gasteiger partial charge in [0.25, 0.3) is 0 Å². The molecule has 3 N–H and O–H groups in total. The van der Waals surface area contributed by atoms with E-state index in [4.69, 9.17) is 5.11 Å². The molecule has 0 spiro atoms. The average molecular weight is 272 g/mol. The summed E-state index contributed by atoms with van der Waals surface area (Å²) in [6.07, 6.45) is 2.78. The molecule has 6 heteroatoms. The first-order valence-corrected chi connectivity index (χ1v) is 6.93. The van der Waals surface area contributed by atoms with Crippen LogP contribution < -0.4 is 5.32 Å². The van der Waals surface area contributed by atoms with E-state index in [0.29, 0.717) is 38.4 Å². The molecule has 110 valence electrons. The molecule has 2 amide bonds. The van der Waals surface area contributed by atoms with Crippen molar-refractivity contribution in [3.05, 3.63) is 0 Å². The third-order valence-corrected chi connectivity index (χ3v) is 3.60. The van der Waals surface area contributed by atoms with Gasteiger partial charge in [0.1, 0.15) is 0 Å². The van der Waals surface area contributed by atoms with Gasteiger partial charge in [-0.2, -0.15) is 0 Å². The minimum atomic E-state index is -0.800. The van der Waals surface area contributed by atoms with E-state index in [1.54, 1.807) is 11.8 Å². The van der Waals surface area contributed by atoms with E-state index in [2.05, 4.69) is 5.32 Å². The predicted octanol–water partition coefficient (Wildman–Crippen LogP) is 1.04. The van der Waals surface area contributed by atoms with Gasteiger partial charge in [-0.3, -0.25) is 4.79 Å². The van der Waals surface area contributed by atoms with Crippen molar-refractivity contribution in [3.8, 4) is 0 Å². The average Bonchev–Trinajstić information content (AvgIpc) is 2.37. The van der Waals surface area contributed by atoms with Gasteiger partial charge in [0.05, 0.1) is 6.10 Å². The number of aliphatic hydroxyl groups is 1. The molecule has 19 heavy (non-hydrogen) atoms. The molecule has 0 aromatic carbocycles. The third kappa shape index (κ3) is 5.92. The molecule has 0 saturated carbocycles. The summed E-state index contributed by atoms with van der Waals surface area (Å²) in [5, 5.41) is 20.8. The molecular formula is C13H24N2O4. The summed E-state index contributed by atoms with van der Waals surface area (Å²) < 4.78 is 0. The molecule has 1 aliphatic heterocycles. The highest BCUT2D eigenvalue weighted by Crippen LogP contribution is 2.20. The van der Waals surface area contributed by atoms with E-state index in [0.717, 1.165) is 12.8 Å². The van der Waals surface area contributed by atoms with Crippen molar-refractivity contribution in [3.63, 3.8) is 0 Å². The van der Waals surface area contributed by atoms with Crippen LogP contribution >= 0.6 is 0 Å². The number of carbonyl (C=O) groups excluding carboxylic acids is 1. The number of rotatable bonds is 6. The Balaban J connectivity index is 2.12. The van der Waals surface area contributed by atoms with Crippen molar-refractivity contribution in [2.75, 3.05) is 19.6 Å². The first kappa shape index (κ1) is 15.8. The van der Waals surface area contributed by atoms with Crippen LogP contribution in [0.1, 0.15) is 39.0 Å². The first-order valence-electron chi connectivity index (χ1n) is 6.93. The molecule has 0 radical (unpaired) electrons. The fraction of sp³-hybridized carbons (Fsp3) is 0.846. The number of amides is 2. The normalized spacial score (nSPS) is 18.1. The zero-order valence-corrected chi connectivity index (χ0v) is 11.5. The van der Waals surface area contributed by atoms with Crippen molar-refractivity contribution in [1.82, 2.24) is 10.2 Å². The number of nitrogens with zero attached hydrogens (tertiary/aromatic N) is 1. The predicted molar refractivity (Wildman–Crippen MR) is 70.9 cm³/mol. The Hall–Kier alpha value is -1.30. The Morgan fingerprint density at radius 2 is 1.95 bits per heavy atom. The molecule has 0 bridgehead atoms. The number of carboxylic acid groups (broad SMARTS) is 1. The lowest BCUT2D eigenvalue weighted by atomic mass is 9.92. The van der Waals surface area contributed by atoms with E-state index in [1.165, 1.54) is 0 Å². The second-order valence-electron chi connectivity index (χ2n) is 5.15. The number of hydrogen-bond donors (Lipinski definition) is 3. The van der Waals surface area contributed by atoms with Crippen LogP contribution in [-0.2, 0) is 4.79 Å². The number of piperidine rings is 1. The van der Waals surface area contributed by atoms with Crippen LogP contribution in [0.25, 0.3) is 0 Å². The van der Waals surface area contributed by atoms with Crippen LogP contribution in [0, 0.1) is 5.92 Å². The van der Waals surface area contributed by atoms with E-state index >= 15 is 0 Å². The van der Waals surface area contributed by atoms with Crippen LogP contribution in [0.3, 0.4) is 0 Å². The Labute approximate surface area is 113 Å². The van der Waals surface area contributed by atoms with E-state index < -0.39 is 5.97 Å². The standard InChI is InChI=1S/C13H24N2O4/c1-10(16)11-5-8-15(9-6-11)13(19)14-7-3-2-4-12(17)18/h10-11,16H,2-9H2,1H3,(H,14,19)(H,17,18). The molecular weight excluding hydrogens is 248 g/mol. The summed E-state index contributed by atoms with van der Waals surface area (Å²) in [7, 11) is 0. The number of nitrogens with one attached hydrogen (secondary N) is 1. The lowest BCUT2D eigenvalue weighted by molar-refractivity contribution is -0.137. The number of unbranched alkanes of at least 4 members (excludes halogenated alkanes) is 1. The Bertz CT molecular complexity index is 299.